The first-order valence-corrected chi connectivity index (χ1v) is 24.6. The zero-order chi connectivity index (χ0) is 48.1. The van der Waals surface area contributed by atoms with E-state index in [1.807, 2.05) is 0 Å². The van der Waals surface area contributed by atoms with Crippen molar-refractivity contribution in [1.29, 1.82) is 0 Å². The van der Waals surface area contributed by atoms with Crippen molar-refractivity contribution in [1.82, 2.24) is 0 Å². The van der Waals surface area contributed by atoms with Crippen molar-refractivity contribution in [3.8, 4) is 66.8 Å². The van der Waals surface area contributed by atoms with Gasteiger partial charge in [-0.2, -0.15) is 0 Å². The molecule has 12 rings (SSSR count). The predicted molar refractivity (Wildman–Crippen MR) is 306 cm³/mol. The molecule has 0 N–H and O–H groups in total. The SMILES string of the molecule is c1ccc(-c2ccc(N(c3ccc(-c4ccc(N(c5ccc(-c6ccccc6)cc5)c5cccc6ccccc56)cc4)cc3)c3ccc(-c4cc(-c5ccccc5)cc(-c5ccccc5)c4)cc3)cc2)cc1. The van der Waals surface area contributed by atoms with Gasteiger partial charge in [0.25, 0.3) is 0 Å². The topological polar surface area (TPSA) is 6.48 Å². The maximum atomic E-state index is 2.37. The van der Waals surface area contributed by atoms with E-state index < -0.39 is 0 Å². The van der Waals surface area contributed by atoms with E-state index in [4.69, 9.17) is 0 Å². The van der Waals surface area contributed by atoms with E-state index in [-0.39, 0.29) is 0 Å². The minimum absolute atomic E-state index is 1.08. The Morgan fingerprint density at radius 3 is 0.764 bits per heavy atom. The van der Waals surface area contributed by atoms with Gasteiger partial charge in [0.05, 0.1) is 5.69 Å². The molecule has 0 amide bonds. The fraction of sp³-hybridized carbons (Fsp3) is 0. The van der Waals surface area contributed by atoms with Crippen LogP contribution in [0, 0.1) is 0 Å². The molecule has 0 aliphatic carbocycles. The second-order valence-electron chi connectivity index (χ2n) is 18.2. The van der Waals surface area contributed by atoms with Crippen molar-refractivity contribution in [2.24, 2.45) is 0 Å². The van der Waals surface area contributed by atoms with Gasteiger partial charge in [0.2, 0.25) is 0 Å². The van der Waals surface area contributed by atoms with E-state index in [2.05, 4.69) is 313 Å². The highest BCUT2D eigenvalue weighted by molar-refractivity contribution is 5.99. The Balaban J connectivity index is 0.881. The van der Waals surface area contributed by atoms with E-state index in [1.54, 1.807) is 0 Å². The molecule has 72 heavy (non-hydrogen) atoms. The van der Waals surface area contributed by atoms with Crippen LogP contribution in [0.1, 0.15) is 0 Å². The molecule has 12 aromatic carbocycles. The lowest BCUT2D eigenvalue weighted by molar-refractivity contribution is 1.28. The predicted octanol–water partition coefficient (Wildman–Crippen LogP) is 19.8. The second kappa shape index (κ2) is 19.8. The zero-order valence-electron chi connectivity index (χ0n) is 39.8. The molecule has 340 valence electrons. The van der Waals surface area contributed by atoms with Crippen LogP contribution < -0.4 is 9.80 Å². The Kier molecular flexibility index (Phi) is 12.1. The molecule has 2 nitrogen and oxygen atoms in total. The minimum atomic E-state index is 1.08. The summed E-state index contributed by atoms with van der Waals surface area (Å²) in [6.45, 7) is 0. The average Bonchev–Trinajstić information content (AvgIpc) is 3.47. The molecule has 0 aliphatic rings. The maximum absolute atomic E-state index is 2.37. The molecule has 0 bridgehead atoms. The Labute approximate surface area is 422 Å². The summed E-state index contributed by atoms with van der Waals surface area (Å²) in [6, 6.07) is 109. The molecule has 0 radical (unpaired) electrons. The summed E-state index contributed by atoms with van der Waals surface area (Å²) >= 11 is 0. The Hall–Kier alpha value is -9.50. The van der Waals surface area contributed by atoms with Gasteiger partial charge in [-0.1, -0.05) is 218 Å². The van der Waals surface area contributed by atoms with Crippen LogP contribution in [0.15, 0.2) is 303 Å². The average molecular weight is 919 g/mol. The molecule has 12 aromatic rings. The van der Waals surface area contributed by atoms with Crippen molar-refractivity contribution >= 4 is 44.9 Å². The lowest BCUT2D eigenvalue weighted by Gasteiger charge is -2.27. The molecular weight excluding hydrogens is 869 g/mol. The molecule has 0 atom stereocenters. The van der Waals surface area contributed by atoms with Crippen LogP contribution in [0.4, 0.5) is 34.1 Å². The first-order chi connectivity index (χ1) is 35.7. The molecule has 0 saturated heterocycles. The molecule has 0 spiro atoms. The third-order valence-electron chi connectivity index (χ3n) is 13.7. The third kappa shape index (κ3) is 9.09. The fourth-order valence-electron chi connectivity index (χ4n) is 9.94. The normalized spacial score (nSPS) is 11.1. The Morgan fingerprint density at radius 2 is 0.417 bits per heavy atom. The molecule has 0 fully saturated rings. The van der Waals surface area contributed by atoms with Gasteiger partial charge in [-0.05, 0) is 157 Å². The van der Waals surface area contributed by atoms with Gasteiger partial charge in [0.15, 0.2) is 0 Å². The van der Waals surface area contributed by atoms with E-state index >= 15 is 0 Å². The van der Waals surface area contributed by atoms with Crippen LogP contribution in [0.2, 0.25) is 0 Å². The van der Waals surface area contributed by atoms with Crippen molar-refractivity contribution in [3.63, 3.8) is 0 Å². The van der Waals surface area contributed by atoms with E-state index in [0.29, 0.717) is 0 Å². The Morgan fingerprint density at radius 1 is 0.167 bits per heavy atom. The highest BCUT2D eigenvalue weighted by Crippen LogP contribution is 2.42. The number of fused-ring (bicyclic) bond motifs is 1. The molecule has 0 saturated carbocycles. The second-order valence-corrected chi connectivity index (χ2v) is 18.2. The highest BCUT2D eigenvalue weighted by Gasteiger charge is 2.18. The first kappa shape index (κ1) is 43.8. The number of nitrogens with zero attached hydrogens (tertiary/aromatic N) is 2. The molecule has 2 heteroatoms. The molecule has 0 unspecified atom stereocenters. The molecular formula is C70H50N2. The lowest BCUT2D eigenvalue weighted by atomic mass is 9.93. The number of benzene rings is 12. The summed E-state index contributed by atoms with van der Waals surface area (Å²) in [5.41, 5.74) is 20.8. The lowest BCUT2D eigenvalue weighted by Crippen LogP contribution is -2.10. The standard InChI is InChI=1S/C70H50N2/c1-5-16-51(17-6-1)55-28-38-64(39-29-55)71(66-42-36-59(37-43-66)63-49-61(53-20-9-3-10-21-53)48-62(50-63)54-22-11-4-12-23-54)65-40-30-57(31-41-65)58-34-46-68(47-35-58)72(70-27-15-25-60-24-13-14-26-69(60)70)67-44-32-56(33-45-67)52-18-7-2-8-19-52/h1-50H. The van der Waals surface area contributed by atoms with Gasteiger partial charge in [0, 0.05) is 33.8 Å². The van der Waals surface area contributed by atoms with Crippen molar-refractivity contribution in [2.75, 3.05) is 9.80 Å². The summed E-state index contributed by atoms with van der Waals surface area (Å²) in [7, 11) is 0. The zero-order valence-corrected chi connectivity index (χ0v) is 39.8. The van der Waals surface area contributed by atoms with Crippen molar-refractivity contribution < 1.29 is 0 Å². The van der Waals surface area contributed by atoms with E-state index in [1.165, 1.54) is 60.8 Å². The summed E-state index contributed by atoms with van der Waals surface area (Å²) in [5, 5.41) is 2.41. The van der Waals surface area contributed by atoms with Gasteiger partial charge in [-0.15, -0.1) is 0 Å². The number of rotatable bonds is 12. The quantitative estimate of drug-likeness (QED) is 0.120. The van der Waals surface area contributed by atoms with Crippen LogP contribution in [-0.2, 0) is 0 Å². The molecule has 0 heterocycles. The monoisotopic (exact) mass is 918 g/mol. The smallest absolute Gasteiger partial charge is 0.0540 e. The molecule has 0 aromatic heterocycles. The number of hydrogen-bond donors (Lipinski definition) is 0. The third-order valence-corrected chi connectivity index (χ3v) is 13.7. The number of hydrogen-bond acceptors (Lipinski definition) is 2. The summed E-state index contributed by atoms with van der Waals surface area (Å²) in [5.74, 6) is 0. The largest absolute Gasteiger partial charge is 0.311 e. The van der Waals surface area contributed by atoms with Gasteiger partial charge in [-0.25, -0.2) is 0 Å². The fourth-order valence-corrected chi connectivity index (χ4v) is 9.94. The molecule has 0 aliphatic heterocycles. The van der Waals surface area contributed by atoms with Crippen LogP contribution in [0.3, 0.4) is 0 Å². The van der Waals surface area contributed by atoms with E-state index in [9.17, 15) is 0 Å². The van der Waals surface area contributed by atoms with Crippen LogP contribution in [0.5, 0.6) is 0 Å². The van der Waals surface area contributed by atoms with Crippen LogP contribution in [0.25, 0.3) is 77.5 Å². The van der Waals surface area contributed by atoms with Crippen LogP contribution in [-0.4, -0.2) is 0 Å². The Bertz CT molecular complexity index is 3660. The minimum Gasteiger partial charge on any atom is -0.311 e. The maximum Gasteiger partial charge on any atom is 0.0540 e. The first-order valence-electron chi connectivity index (χ1n) is 24.6. The van der Waals surface area contributed by atoms with Gasteiger partial charge < -0.3 is 9.80 Å². The van der Waals surface area contributed by atoms with E-state index in [0.717, 1.165) is 50.8 Å². The number of anilines is 6. The van der Waals surface area contributed by atoms with Crippen molar-refractivity contribution in [2.45, 2.75) is 0 Å². The van der Waals surface area contributed by atoms with Gasteiger partial charge in [0.1, 0.15) is 0 Å². The summed E-state index contributed by atoms with van der Waals surface area (Å²) in [6.07, 6.45) is 0. The highest BCUT2D eigenvalue weighted by atomic mass is 15.1. The van der Waals surface area contributed by atoms with Gasteiger partial charge in [-0.3, -0.25) is 0 Å². The van der Waals surface area contributed by atoms with Crippen LogP contribution >= 0.6 is 0 Å². The van der Waals surface area contributed by atoms with Crippen molar-refractivity contribution in [3.05, 3.63) is 303 Å². The summed E-state index contributed by atoms with van der Waals surface area (Å²) in [4.78, 5) is 4.73. The summed E-state index contributed by atoms with van der Waals surface area (Å²) < 4.78 is 0. The van der Waals surface area contributed by atoms with Gasteiger partial charge >= 0.3 is 0 Å².